The van der Waals surface area contributed by atoms with Crippen LogP contribution in [0, 0.1) is 0 Å². The van der Waals surface area contributed by atoms with Gasteiger partial charge in [-0.05, 0) is 32.4 Å². The summed E-state index contributed by atoms with van der Waals surface area (Å²) in [6.45, 7) is 8.97. The van der Waals surface area contributed by atoms with E-state index in [0.717, 1.165) is 13.1 Å². The Hall–Kier alpha value is -1.18. The van der Waals surface area contributed by atoms with Gasteiger partial charge in [-0.1, -0.05) is 19.1 Å². The topological polar surface area (TPSA) is 15.3 Å². The molecule has 0 spiro atoms. The quantitative estimate of drug-likeness (QED) is 0.796. The van der Waals surface area contributed by atoms with E-state index in [9.17, 15) is 0 Å². The Morgan fingerprint density at radius 2 is 2.07 bits per heavy atom. The molecule has 1 aliphatic heterocycles. The minimum atomic E-state index is 0.170. The van der Waals surface area contributed by atoms with Gasteiger partial charge in [0.25, 0.3) is 0 Å². The van der Waals surface area contributed by atoms with Gasteiger partial charge in [-0.3, -0.25) is 0 Å². The first-order valence-electron chi connectivity index (χ1n) is 5.74. The van der Waals surface area contributed by atoms with Gasteiger partial charge in [-0.2, -0.15) is 0 Å². The molecule has 0 saturated carbocycles. The summed E-state index contributed by atoms with van der Waals surface area (Å²) in [5, 5.41) is 3.58. The van der Waals surface area contributed by atoms with Crippen molar-refractivity contribution in [3.05, 3.63) is 24.3 Å². The van der Waals surface area contributed by atoms with E-state index < -0.39 is 0 Å². The van der Waals surface area contributed by atoms with Crippen LogP contribution in [0.25, 0.3) is 0 Å². The summed E-state index contributed by atoms with van der Waals surface area (Å²) in [5.74, 6) is 0. The van der Waals surface area contributed by atoms with Crippen LogP contribution < -0.4 is 10.2 Å². The highest BCUT2D eigenvalue weighted by atomic mass is 15.2. The average molecular weight is 204 g/mol. The largest absolute Gasteiger partial charge is 0.377 e. The Labute approximate surface area is 92.3 Å². The summed E-state index contributed by atoms with van der Waals surface area (Å²) in [6, 6.07) is 8.57. The van der Waals surface area contributed by atoms with Gasteiger partial charge in [0, 0.05) is 18.6 Å². The zero-order chi connectivity index (χ0) is 10.9. The van der Waals surface area contributed by atoms with Crippen LogP contribution in [-0.2, 0) is 0 Å². The number of benzene rings is 1. The lowest BCUT2D eigenvalue weighted by atomic mass is 9.99. The van der Waals surface area contributed by atoms with Crippen LogP contribution in [0.1, 0.15) is 27.2 Å². The van der Waals surface area contributed by atoms with E-state index >= 15 is 0 Å². The number of nitrogens with one attached hydrogen (secondary N) is 1. The van der Waals surface area contributed by atoms with E-state index in [-0.39, 0.29) is 5.54 Å². The van der Waals surface area contributed by atoms with Crippen LogP contribution in [0.4, 0.5) is 11.4 Å². The Kier molecular flexibility index (Phi) is 2.59. The van der Waals surface area contributed by atoms with E-state index in [0.29, 0.717) is 0 Å². The van der Waals surface area contributed by atoms with Crippen molar-refractivity contribution in [2.45, 2.75) is 32.7 Å². The maximum absolute atomic E-state index is 3.58. The number of rotatable bonds is 2. The van der Waals surface area contributed by atoms with Gasteiger partial charge >= 0.3 is 0 Å². The number of fused-ring (bicyclic) bond motifs is 1. The third-order valence-corrected chi connectivity index (χ3v) is 2.80. The summed E-state index contributed by atoms with van der Waals surface area (Å²) >= 11 is 0. The van der Waals surface area contributed by atoms with Gasteiger partial charge in [0.15, 0.2) is 0 Å². The molecular weight excluding hydrogens is 184 g/mol. The molecule has 1 aliphatic rings. The summed E-state index contributed by atoms with van der Waals surface area (Å²) in [7, 11) is 0. The number of para-hydroxylation sites is 2. The minimum absolute atomic E-state index is 0.170. The highest BCUT2D eigenvalue weighted by Crippen LogP contribution is 2.33. The van der Waals surface area contributed by atoms with Gasteiger partial charge in [0.1, 0.15) is 0 Å². The van der Waals surface area contributed by atoms with Crippen molar-refractivity contribution in [3.63, 3.8) is 0 Å². The van der Waals surface area contributed by atoms with Crippen LogP contribution in [0.15, 0.2) is 24.3 Å². The first-order chi connectivity index (χ1) is 7.12. The molecule has 0 amide bonds. The SMILES string of the molecule is CCCN1CC(C)(C)Nc2ccccc21. The molecule has 15 heavy (non-hydrogen) atoms. The van der Waals surface area contributed by atoms with Gasteiger partial charge in [0.2, 0.25) is 0 Å². The van der Waals surface area contributed by atoms with Crippen LogP contribution >= 0.6 is 0 Å². The zero-order valence-corrected chi connectivity index (χ0v) is 9.88. The minimum Gasteiger partial charge on any atom is -0.377 e. The molecule has 0 atom stereocenters. The first kappa shape index (κ1) is 10.3. The fraction of sp³-hybridized carbons (Fsp3) is 0.538. The molecule has 1 N–H and O–H groups in total. The maximum atomic E-state index is 3.58. The van der Waals surface area contributed by atoms with Gasteiger partial charge in [0.05, 0.1) is 11.4 Å². The second kappa shape index (κ2) is 3.76. The van der Waals surface area contributed by atoms with Crippen LogP contribution in [0.3, 0.4) is 0 Å². The molecule has 0 unspecified atom stereocenters. The van der Waals surface area contributed by atoms with Crippen molar-refractivity contribution in [2.24, 2.45) is 0 Å². The Balaban J connectivity index is 2.34. The predicted molar refractivity (Wildman–Crippen MR) is 66.6 cm³/mol. The van der Waals surface area contributed by atoms with Crippen LogP contribution in [0.2, 0.25) is 0 Å². The van der Waals surface area contributed by atoms with Crippen LogP contribution in [-0.4, -0.2) is 18.6 Å². The summed E-state index contributed by atoms with van der Waals surface area (Å²) in [6.07, 6.45) is 1.20. The van der Waals surface area contributed by atoms with Crippen molar-refractivity contribution >= 4 is 11.4 Å². The number of hydrogen-bond acceptors (Lipinski definition) is 2. The second-order valence-electron chi connectivity index (χ2n) is 4.95. The molecule has 0 aliphatic carbocycles. The highest BCUT2D eigenvalue weighted by Gasteiger charge is 2.28. The molecule has 0 aromatic heterocycles. The molecule has 1 aromatic carbocycles. The molecule has 0 radical (unpaired) electrons. The lowest BCUT2D eigenvalue weighted by Crippen LogP contribution is -2.48. The zero-order valence-electron chi connectivity index (χ0n) is 9.88. The Bertz CT molecular complexity index is 344. The predicted octanol–water partition coefficient (Wildman–Crippen LogP) is 3.11. The lowest BCUT2D eigenvalue weighted by Gasteiger charge is -2.42. The molecule has 1 aromatic rings. The molecule has 2 heteroatoms. The molecular formula is C13H20N2. The summed E-state index contributed by atoms with van der Waals surface area (Å²) in [4.78, 5) is 2.48. The van der Waals surface area contributed by atoms with Gasteiger partial charge in [-0.15, -0.1) is 0 Å². The maximum Gasteiger partial charge on any atom is 0.0602 e. The van der Waals surface area contributed by atoms with Gasteiger partial charge in [-0.25, -0.2) is 0 Å². The smallest absolute Gasteiger partial charge is 0.0602 e. The third-order valence-electron chi connectivity index (χ3n) is 2.80. The molecule has 82 valence electrons. The fourth-order valence-electron chi connectivity index (χ4n) is 2.29. The average Bonchev–Trinajstić information content (AvgIpc) is 2.16. The number of nitrogens with zero attached hydrogens (tertiary/aromatic N) is 1. The Morgan fingerprint density at radius 1 is 1.33 bits per heavy atom. The van der Waals surface area contributed by atoms with Crippen molar-refractivity contribution in [2.75, 3.05) is 23.3 Å². The summed E-state index contributed by atoms with van der Waals surface area (Å²) < 4.78 is 0. The Morgan fingerprint density at radius 3 is 2.80 bits per heavy atom. The standard InChI is InChI=1S/C13H20N2/c1-4-9-15-10-13(2,3)14-11-7-5-6-8-12(11)15/h5-8,14H,4,9-10H2,1-3H3. The first-order valence-corrected chi connectivity index (χ1v) is 5.74. The van der Waals surface area contributed by atoms with Crippen molar-refractivity contribution in [1.29, 1.82) is 0 Å². The van der Waals surface area contributed by atoms with Crippen molar-refractivity contribution in [3.8, 4) is 0 Å². The third kappa shape index (κ3) is 2.09. The fourth-order valence-corrected chi connectivity index (χ4v) is 2.29. The normalized spacial score (nSPS) is 18.2. The molecule has 2 nitrogen and oxygen atoms in total. The van der Waals surface area contributed by atoms with E-state index in [4.69, 9.17) is 0 Å². The number of hydrogen-bond donors (Lipinski definition) is 1. The second-order valence-corrected chi connectivity index (χ2v) is 4.95. The van der Waals surface area contributed by atoms with Crippen LogP contribution in [0.5, 0.6) is 0 Å². The van der Waals surface area contributed by atoms with Crippen molar-refractivity contribution < 1.29 is 0 Å². The molecule has 0 bridgehead atoms. The number of anilines is 2. The summed E-state index contributed by atoms with van der Waals surface area (Å²) in [5.41, 5.74) is 2.78. The monoisotopic (exact) mass is 204 g/mol. The molecule has 0 fully saturated rings. The van der Waals surface area contributed by atoms with E-state index in [1.807, 2.05) is 0 Å². The van der Waals surface area contributed by atoms with E-state index in [2.05, 4.69) is 55.3 Å². The molecule has 1 heterocycles. The lowest BCUT2D eigenvalue weighted by molar-refractivity contribution is 0.530. The van der Waals surface area contributed by atoms with E-state index in [1.54, 1.807) is 0 Å². The van der Waals surface area contributed by atoms with E-state index in [1.165, 1.54) is 17.8 Å². The molecule has 2 rings (SSSR count). The molecule has 0 saturated heterocycles. The van der Waals surface area contributed by atoms with Gasteiger partial charge < -0.3 is 10.2 Å². The highest BCUT2D eigenvalue weighted by molar-refractivity contribution is 5.73. The van der Waals surface area contributed by atoms with Crippen molar-refractivity contribution in [1.82, 2.24) is 0 Å².